The summed E-state index contributed by atoms with van der Waals surface area (Å²) in [6.07, 6.45) is 0. The molecule has 4 nitrogen and oxygen atoms in total. The molecule has 6 heteroatoms. The van der Waals surface area contributed by atoms with Gasteiger partial charge in [-0.05, 0) is 20.8 Å². The summed E-state index contributed by atoms with van der Waals surface area (Å²) < 4.78 is 24.7. The molecule has 0 atom stereocenters. The molecule has 0 aliphatic carbocycles. The Kier molecular flexibility index (Phi) is 3.45. The molecule has 0 fully saturated rings. The number of nitrogens with zero attached hydrogens (tertiary/aromatic N) is 2. The zero-order chi connectivity index (χ0) is 14.3. The Morgan fingerprint density at radius 3 is 2.16 bits per heavy atom. The highest BCUT2D eigenvalue weighted by molar-refractivity contribution is 8.13. The summed E-state index contributed by atoms with van der Waals surface area (Å²) in [6.45, 7) is 5.63. The summed E-state index contributed by atoms with van der Waals surface area (Å²) in [4.78, 5) is 0. The average molecular weight is 299 g/mol. The summed E-state index contributed by atoms with van der Waals surface area (Å²) in [6, 6.07) is 10.9. The fraction of sp³-hybridized carbons (Fsp3) is 0.308. The lowest BCUT2D eigenvalue weighted by Gasteiger charge is -2.21. The van der Waals surface area contributed by atoms with Crippen LogP contribution in [0.2, 0.25) is 0 Å². The van der Waals surface area contributed by atoms with E-state index in [1.54, 1.807) is 0 Å². The van der Waals surface area contributed by atoms with Crippen LogP contribution in [0.5, 0.6) is 0 Å². The number of hydrogen-bond acceptors (Lipinski definition) is 3. The second-order valence-electron chi connectivity index (χ2n) is 5.25. The molecule has 1 aromatic heterocycles. The predicted molar refractivity (Wildman–Crippen MR) is 75.7 cm³/mol. The molecule has 0 unspecified atom stereocenters. The molecule has 0 aliphatic rings. The highest BCUT2D eigenvalue weighted by atomic mass is 35.7. The van der Waals surface area contributed by atoms with Gasteiger partial charge in [0.25, 0.3) is 9.05 Å². The fourth-order valence-corrected chi connectivity index (χ4v) is 2.87. The first-order chi connectivity index (χ1) is 8.69. The van der Waals surface area contributed by atoms with Crippen molar-refractivity contribution >= 4 is 19.7 Å². The van der Waals surface area contributed by atoms with E-state index in [0.717, 1.165) is 5.56 Å². The van der Waals surface area contributed by atoms with Crippen molar-refractivity contribution in [2.75, 3.05) is 0 Å². The second-order valence-corrected chi connectivity index (χ2v) is 7.77. The summed E-state index contributed by atoms with van der Waals surface area (Å²) in [5.41, 5.74) is 0.978. The van der Waals surface area contributed by atoms with Crippen molar-refractivity contribution in [1.29, 1.82) is 0 Å². The van der Waals surface area contributed by atoms with Crippen molar-refractivity contribution in [1.82, 2.24) is 9.78 Å². The normalized spacial score (nSPS) is 12.6. The van der Waals surface area contributed by atoms with Crippen molar-refractivity contribution in [3.8, 4) is 11.3 Å². The maximum atomic E-state index is 11.6. The molecule has 0 N–H and O–H groups in total. The molecular weight excluding hydrogens is 284 g/mol. The van der Waals surface area contributed by atoms with E-state index in [1.165, 1.54) is 10.7 Å². The molecule has 0 bridgehead atoms. The zero-order valence-electron chi connectivity index (χ0n) is 11.0. The molecule has 0 aliphatic heterocycles. The average Bonchev–Trinajstić information content (AvgIpc) is 2.74. The summed E-state index contributed by atoms with van der Waals surface area (Å²) >= 11 is 0. The van der Waals surface area contributed by atoms with Gasteiger partial charge in [0, 0.05) is 22.3 Å². The molecule has 2 aromatic rings. The van der Waals surface area contributed by atoms with E-state index in [1.807, 2.05) is 51.1 Å². The Morgan fingerprint density at radius 1 is 1.16 bits per heavy atom. The van der Waals surface area contributed by atoms with Gasteiger partial charge in [-0.3, -0.25) is 0 Å². The van der Waals surface area contributed by atoms with Crippen LogP contribution in [-0.4, -0.2) is 18.2 Å². The topological polar surface area (TPSA) is 52.0 Å². The second kappa shape index (κ2) is 4.65. The van der Waals surface area contributed by atoms with Crippen LogP contribution in [0, 0.1) is 0 Å². The van der Waals surface area contributed by atoms with Gasteiger partial charge in [0.1, 0.15) is 0 Å². The lowest BCUT2D eigenvalue weighted by Crippen LogP contribution is -2.25. The van der Waals surface area contributed by atoms with E-state index < -0.39 is 14.6 Å². The molecular formula is C13H15ClN2O2S. The highest BCUT2D eigenvalue weighted by Gasteiger charge is 2.26. The van der Waals surface area contributed by atoms with Crippen molar-refractivity contribution in [2.24, 2.45) is 0 Å². The SMILES string of the molecule is CC(C)(C)n1nc(-c2ccccc2)cc1S(=O)(=O)Cl. The van der Waals surface area contributed by atoms with Crippen LogP contribution in [0.15, 0.2) is 41.4 Å². The largest absolute Gasteiger partial charge is 0.278 e. The molecule has 0 amide bonds. The third-order valence-electron chi connectivity index (χ3n) is 2.63. The highest BCUT2D eigenvalue weighted by Crippen LogP contribution is 2.28. The third-order valence-corrected chi connectivity index (χ3v) is 3.90. The van der Waals surface area contributed by atoms with Crippen LogP contribution in [0.1, 0.15) is 20.8 Å². The zero-order valence-corrected chi connectivity index (χ0v) is 12.5. The summed E-state index contributed by atoms with van der Waals surface area (Å²) in [7, 11) is 1.65. The first-order valence-electron chi connectivity index (χ1n) is 5.80. The van der Waals surface area contributed by atoms with Crippen molar-refractivity contribution < 1.29 is 8.42 Å². The van der Waals surface area contributed by atoms with E-state index in [4.69, 9.17) is 10.7 Å². The van der Waals surface area contributed by atoms with E-state index in [2.05, 4.69) is 5.10 Å². The lowest BCUT2D eigenvalue weighted by molar-refractivity contribution is 0.327. The Morgan fingerprint density at radius 2 is 1.74 bits per heavy atom. The van der Waals surface area contributed by atoms with Gasteiger partial charge in [0.2, 0.25) is 0 Å². The minimum Gasteiger partial charge on any atom is -0.247 e. The molecule has 0 spiro atoms. The van der Waals surface area contributed by atoms with Crippen LogP contribution in [-0.2, 0) is 14.6 Å². The summed E-state index contributed by atoms with van der Waals surface area (Å²) in [5, 5.41) is 4.39. The van der Waals surface area contributed by atoms with Gasteiger partial charge in [-0.2, -0.15) is 5.10 Å². The first kappa shape index (κ1) is 14.1. The van der Waals surface area contributed by atoms with Gasteiger partial charge < -0.3 is 0 Å². The van der Waals surface area contributed by atoms with Crippen LogP contribution in [0.25, 0.3) is 11.3 Å². The Bertz CT molecular complexity index is 685. The maximum absolute atomic E-state index is 11.6. The molecule has 2 rings (SSSR count). The molecule has 0 saturated carbocycles. The molecule has 0 saturated heterocycles. The quantitative estimate of drug-likeness (QED) is 0.800. The molecule has 1 aromatic carbocycles. The van der Waals surface area contributed by atoms with Gasteiger partial charge in [0.15, 0.2) is 5.03 Å². The van der Waals surface area contributed by atoms with Gasteiger partial charge in [0.05, 0.1) is 11.2 Å². The minimum atomic E-state index is -3.83. The van der Waals surface area contributed by atoms with Gasteiger partial charge in [-0.15, -0.1) is 0 Å². The Hall–Kier alpha value is -1.33. The van der Waals surface area contributed by atoms with Gasteiger partial charge >= 0.3 is 0 Å². The Labute approximate surface area is 117 Å². The summed E-state index contributed by atoms with van der Waals surface area (Å²) in [5.74, 6) is 0. The molecule has 102 valence electrons. The number of hydrogen-bond donors (Lipinski definition) is 0. The standard InChI is InChI=1S/C13H15ClN2O2S/c1-13(2,3)16-12(19(14,17)18)9-11(15-16)10-7-5-4-6-8-10/h4-9H,1-3H3. The molecule has 0 radical (unpaired) electrons. The van der Waals surface area contributed by atoms with Crippen molar-refractivity contribution in [2.45, 2.75) is 31.3 Å². The minimum absolute atomic E-state index is 0.0144. The number of benzene rings is 1. The monoisotopic (exact) mass is 298 g/mol. The number of rotatable bonds is 2. The van der Waals surface area contributed by atoms with Crippen molar-refractivity contribution in [3.63, 3.8) is 0 Å². The number of halogens is 1. The van der Waals surface area contributed by atoms with E-state index in [-0.39, 0.29) is 5.03 Å². The maximum Gasteiger partial charge on any atom is 0.278 e. The third kappa shape index (κ3) is 2.98. The van der Waals surface area contributed by atoms with Crippen LogP contribution in [0.3, 0.4) is 0 Å². The van der Waals surface area contributed by atoms with Gasteiger partial charge in [-0.1, -0.05) is 30.3 Å². The van der Waals surface area contributed by atoms with Gasteiger partial charge in [-0.25, -0.2) is 13.1 Å². The van der Waals surface area contributed by atoms with E-state index in [0.29, 0.717) is 5.69 Å². The lowest BCUT2D eigenvalue weighted by atomic mass is 10.1. The van der Waals surface area contributed by atoms with E-state index in [9.17, 15) is 8.42 Å². The molecule has 19 heavy (non-hydrogen) atoms. The van der Waals surface area contributed by atoms with E-state index >= 15 is 0 Å². The predicted octanol–water partition coefficient (Wildman–Crippen LogP) is 3.23. The first-order valence-corrected chi connectivity index (χ1v) is 8.11. The smallest absolute Gasteiger partial charge is 0.247 e. The van der Waals surface area contributed by atoms with Crippen LogP contribution >= 0.6 is 10.7 Å². The van der Waals surface area contributed by atoms with Crippen LogP contribution < -0.4 is 0 Å². The molecule has 1 heterocycles. The van der Waals surface area contributed by atoms with Crippen LogP contribution in [0.4, 0.5) is 0 Å². The fourth-order valence-electron chi connectivity index (χ4n) is 1.77. The number of aromatic nitrogens is 2. The Balaban J connectivity index is 2.66. The van der Waals surface area contributed by atoms with Crippen molar-refractivity contribution in [3.05, 3.63) is 36.4 Å².